The molecule has 0 bridgehead atoms. The summed E-state index contributed by atoms with van der Waals surface area (Å²) < 4.78 is 11.6. The monoisotopic (exact) mass is 362 g/mol. The minimum atomic E-state index is -1.51. The van der Waals surface area contributed by atoms with Gasteiger partial charge in [-0.2, -0.15) is 0 Å². The van der Waals surface area contributed by atoms with Crippen molar-refractivity contribution in [1.82, 2.24) is 0 Å². The molecule has 0 aliphatic rings. The average Bonchev–Trinajstić information content (AvgIpc) is 2.72. The number of hydrogen-bond donors (Lipinski definition) is 1. The van der Waals surface area contributed by atoms with Crippen molar-refractivity contribution >= 4 is 11.8 Å². The first-order chi connectivity index (χ1) is 13.1. The number of benzene rings is 3. The van der Waals surface area contributed by atoms with Gasteiger partial charge < -0.3 is 14.6 Å². The fraction of sp³-hybridized carbons (Fsp3) is 0.0909. The lowest BCUT2D eigenvalue weighted by atomic mass is 10.1. The molecule has 0 aliphatic carbocycles. The Morgan fingerprint density at radius 2 is 1.22 bits per heavy atom. The van der Waals surface area contributed by atoms with Gasteiger partial charge in [0.2, 0.25) is 0 Å². The highest BCUT2D eigenvalue weighted by atomic mass is 16.5. The minimum Gasteiger partial charge on any atom is -0.485 e. The van der Waals surface area contributed by atoms with Crippen molar-refractivity contribution < 1.29 is 24.2 Å². The summed E-state index contributed by atoms with van der Waals surface area (Å²) in [5.74, 6) is -1.74. The van der Waals surface area contributed by atoms with E-state index < -0.39 is 11.8 Å². The molecular weight excluding hydrogens is 344 g/mol. The Morgan fingerprint density at radius 1 is 0.704 bits per heavy atom. The van der Waals surface area contributed by atoms with E-state index in [-0.39, 0.29) is 12.2 Å². The van der Waals surface area contributed by atoms with Crippen LogP contribution in [0.2, 0.25) is 0 Å². The summed E-state index contributed by atoms with van der Waals surface area (Å²) in [6.45, 7) is 0.599. The van der Waals surface area contributed by atoms with E-state index in [0.29, 0.717) is 18.1 Å². The van der Waals surface area contributed by atoms with Gasteiger partial charge in [0, 0.05) is 5.56 Å². The number of carboxylic acids is 1. The van der Waals surface area contributed by atoms with Crippen molar-refractivity contribution in [2.75, 3.05) is 0 Å². The maximum Gasteiger partial charge on any atom is 0.377 e. The van der Waals surface area contributed by atoms with E-state index in [1.807, 2.05) is 60.7 Å². The largest absolute Gasteiger partial charge is 0.485 e. The molecule has 5 nitrogen and oxygen atoms in total. The summed E-state index contributed by atoms with van der Waals surface area (Å²) in [6, 6.07) is 23.5. The standard InChI is InChI=1S/C22H18O5/c23-21(22(24)25)18-11-12-19(26-14-16-7-3-1-4-8-16)20(13-18)27-15-17-9-5-2-6-10-17/h1-13H,14-15H2,(H,24,25). The van der Waals surface area contributed by atoms with E-state index in [9.17, 15) is 9.59 Å². The first kappa shape index (κ1) is 18.2. The highest BCUT2D eigenvalue weighted by Gasteiger charge is 2.17. The molecule has 1 N–H and O–H groups in total. The maximum absolute atomic E-state index is 11.8. The Kier molecular flexibility index (Phi) is 5.84. The second-order valence-electron chi connectivity index (χ2n) is 5.84. The van der Waals surface area contributed by atoms with Gasteiger partial charge in [0.25, 0.3) is 5.78 Å². The van der Waals surface area contributed by atoms with Gasteiger partial charge in [0.1, 0.15) is 13.2 Å². The molecule has 0 spiro atoms. The molecule has 3 rings (SSSR count). The number of carbonyl (C=O) groups excluding carboxylic acids is 1. The van der Waals surface area contributed by atoms with E-state index >= 15 is 0 Å². The molecule has 0 unspecified atom stereocenters. The Morgan fingerprint density at radius 3 is 1.74 bits per heavy atom. The van der Waals surface area contributed by atoms with Crippen molar-refractivity contribution in [1.29, 1.82) is 0 Å². The molecule has 0 aromatic heterocycles. The number of rotatable bonds is 8. The second-order valence-corrected chi connectivity index (χ2v) is 5.84. The van der Waals surface area contributed by atoms with Gasteiger partial charge >= 0.3 is 5.97 Å². The molecule has 0 amide bonds. The van der Waals surface area contributed by atoms with Gasteiger partial charge in [0.05, 0.1) is 0 Å². The lowest BCUT2D eigenvalue weighted by Crippen LogP contribution is -2.13. The quantitative estimate of drug-likeness (QED) is 0.482. The number of ketones is 1. The van der Waals surface area contributed by atoms with Gasteiger partial charge in [-0.15, -0.1) is 0 Å². The Balaban J connectivity index is 1.81. The third-order valence-corrected chi connectivity index (χ3v) is 3.87. The Bertz CT molecular complexity index is 920. The smallest absolute Gasteiger partial charge is 0.377 e. The molecule has 5 heteroatoms. The van der Waals surface area contributed by atoms with E-state index in [1.54, 1.807) is 6.07 Å². The molecule has 0 radical (unpaired) electrons. The van der Waals surface area contributed by atoms with Crippen LogP contribution in [0, 0.1) is 0 Å². The lowest BCUT2D eigenvalue weighted by Gasteiger charge is -2.14. The zero-order chi connectivity index (χ0) is 19.1. The third-order valence-electron chi connectivity index (χ3n) is 3.87. The molecule has 27 heavy (non-hydrogen) atoms. The van der Waals surface area contributed by atoms with Crippen LogP contribution in [-0.4, -0.2) is 16.9 Å². The van der Waals surface area contributed by atoms with Gasteiger partial charge in [0.15, 0.2) is 11.5 Å². The van der Waals surface area contributed by atoms with Crippen LogP contribution >= 0.6 is 0 Å². The third kappa shape index (κ3) is 4.95. The fourth-order valence-electron chi connectivity index (χ4n) is 2.48. The molecule has 0 heterocycles. The number of hydrogen-bond acceptors (Lipinski definition) is 4. The summed E-state index contributed by atoms with van der Waals surface area (Å²) in [6.07, 6.45) is 0. The first-order valence-electron chi connectivity index (χ1n) is 8.38. The summed E-state index contributed by atoms with van der Waals surface area (Å²) in [5.41, 5.74) is 1.97. The molecule has 0 saturated heterocycles. The van der Waals surface area contributed by atoms with Crippen LogP contribution in [-0.2, 0) is 18.0 Å². The topological polar surface area (TPSA) is 72.8 Å². The second kappa shape index (κ2) is 8.67. The number of Topliss-reactive ketones (excluding diaryl/α,β-unsaturated/α-hetero) is 1. The molecule has 3 aromatic carbocycles. The highest BCUT2D eigenvalue weighted by molar-refractivity contribution is 6.39. The van der Waals surface area contributed by atoms with E-state index in [2.05, 4.69) is 0 Å². The summed E-state index contributed by atoms with van der Waals surface area (Å²) >= 11 is 0. The predicted molar refractivity (Wildman–Crippen MR) is 100.0 cm³/mol. The summed E-state index contributed by atoms with van der Waals surface area (Å²) in [4.78, 5) is 22.7. The van der Waals surface area contributed by atoms with Crippen LogP contribution in [0.4, 0.5) is 0 Å². The van der Waals surface area contributed by atoms with Crippen molar-refractivity contribution in [2.45, 2.75) is 13.2 Å². The van der Waals surface area contributed by atoms with E-state index in [0.717, 1.165) is 11.1 Å². The van der Waals surface area contributed by atoms with Gasteiger partial charge in [-0.25, -0.2) is 4.79 Å². The van der Waals surface area contributed by atoms with Crippen molar-refractivity contribution in [2.24, 2.45) is 0 Å². The molecule has 0 saturated carbocycles. The Labute approximate surface area is 156 Å². The number of aliphatic carboxylic acids is 1. The number of carboxylic acid groups (broad SMARTS) is 1. The Hall–Kier alpha value is -3.60. The van der Waals surface area contributed by atoms with Gasteiger partial charge in [-0.05, 0) is 29.3 Å². The van der Waals surface area contributed by atoms with Gasteiger partial charge in [-0.1, -0.05) is 60.7 Å². The average molecular weight is 362 g/mol. The van der Waals surface area contributed by atoms with E-state index in [1.165, 1.54) is 12.1 Å². The molecule has 0 aliphatic heterocycles. The minimum absolute atomic E-state index is 0.0395. The predicted octanol–water partition coefficient (Wildman–Crippen LogP) is 4.11. The SMILES string of the molecule is O=C(O)C(=O)c1ccc(OCc2ccccc2)c(OCc2ccccc2)c1. The van der Waals surface area contributed by atoms with Crippen molar-refractivity contribution in [3.63, 3.8) is 0 Å². The molecule has 3 aromatic rings. The van der Waals surface area contributed by atoms with Crippen LogP contribution in [0.1, 0.15) is 21.5 Å². The van der Waals surface area contributed by atoms with Crippen molar-refractivity contribution in [3.8, 4) is 11.5 Å². The normalized spacial score (nSPS) is 10.2. The lowest BCUT2D eigenvalue weighted by molar-refractivity contribution is -0.131. The van der Waals surface area contributed by atoms with Crippen LogP contribution in [0.25, 0.3) is 0 Å². The van der Waals surface area contributed by atoms with E-state index in [4.69, 9.17) is 14.6 Å². The first-order valence-corrected chi connectivity index (χ1v) is 8.38. The zero-order valence-corrected chi connectivity index (χ0v) is 14.5. The number of carbonyl (C=O) groups is 2. The molecule has 0 atom stereocenters. The molecular formula is C22H18O5. The van der Waals surface area contributed by atoms with Crippen LogP contribution < -0.4 is 9.47 Å². The highest BCUT2D eigenvalue weighted by Crippen LogP contribution is 2.30. The number of ether oxygens (including phenoxy) is 2. The molecule has 136 valence electrons. The summed E-state index contributed by atoms with van der Waals surface area (Å²) in [5, 5.41) is 8.93. The fourth-order valence-corrected chi connectivity index (χ4v) is 2.48. The van der Waals surface area contributed by atoms with Crippen LogP contribution in [0.3, 0.4) is 0 Å². The zero-order valence-electron chi connectivity index (χ0n) is 14.5. The van der Waals surface area contributed by atoms with Crippen LogP contribution in [0.5, 0.6) is 11.5 Å². The summed E-state index contributed by atoms with van der Waals surface area (Å²) in [7, 11) is 0. The maximum atomic E-state index is 11.8. The van der Waals surface area contributed by atoms with Crippen molar-refractivity contribution in [3.05, 3.63) is 95.6 Å². The molecule has 0 fully saturated rings. The van der Waals surface area contributed by atoms with Crippen LogP contribution in [0.15, 0.2) is 78.9 Å². The van der Waals surface area contributed by atoms with Gasteiger partial charge in [-0.3, -0.25) is 4.79 Å².